The number of amides is 1. The molecule has 0 spiro atoms. The number of benzene rings is 1. The van der Waals surface area contributed by atoms with Gasteiger partial charge in [-0.15, -0.1) is 0 Å². The van der Waals surface area contributed by atoms with Crippen LogP contribution in [-0.4, -0.2) is 17.0 Å². The van der Waals surface area contributed by atoms with E-state index in [9.17, 15) is 4.79 Å². The van der Waals surface area contributed by atoms with Gasteiger partial charge in [0.05, 0.1) is 12.5 Å². The quantitative estimate of drug-likeness (QED) is 0.318. The zero-order valence-corrected chi connectivity index (χ0v) is 9.97. The first-order valence-electron chi connectivity index (χ1n) is 5.35. The Morgan fingerprint density at radius 1 is 1.47 bits per heavy atom. The van der Waals surface area contributed by atoms with Gasteiger partial charge in [-0.3, -0.25) is 4.79 Å². The number of hydrogen-bond donors (Lipinski definition) is 3. The number of carbonyl (C=O) groups excluding carboxylic acids is 1. The van der Waals surface area contributed by atoms with Gasteiger partial charge in [0.25, 0.3) is 0 Å². The Bertz CT molecular complexity index is 412. The van der Waals surface area contributed by atoms with Gasteiger partial charge in [-0.1, -0.05) is 35.0 Å². The normalized spacial score (nSPS) is 13.2. The molecule has 1 unspecified atom stereocenters. The molecule has 1 aromatic rings. The van der Waals surface area contributed by atoms with Crippen molar-refractivity contribution < 1.29 is 10.0 Å². The van der Waals surface area contributed by atoms with Crippen LogP contribution in [0.4, 0.5) is 0 Å². The molecule has 0 saturated carbocycles. The average Bonchev–Trinajstić information content (AvgIpc) is 2.29. The number of nitrogens with zero attached hydrogens (tertiary/aromatic N) is 1. The second kappa shape index (κ2) is 5.89. The third-order valence-electron chi connectivity index (χ3n) is 2.42. The summed E-state index contributed by atoms with van der Waals surface area (Å²) in [5.41, 5.74) is 7.43. The molecule has 0 radical (unpaired) electrons. The molecular weight excluding hydrogens is 218 g/mol. The van der Waals surface area contributed by atoms with Crippen molar-refractivity contribution in [1.29, 1.82) is 0 Å². The number of aryl methyl sites for hydroxylation is 1. The fourth-order valence-electron chi connectivity index (χ4n) is 1.43. The van der Waals surface area contributed by atoms with Gasteiger partial charge in [-0.25, -0.2) is 0 Å². The highest BCUT2D eigenvalue weighted by atomic mass is 16.4. The van der Waals surface area contributed by atoms with Crippen molar-refractivity contribution in [3.8, 4) is 0 Å². The molecule has 0 aliphatic heterocycles. The molecule has 1 atom stereocenters. The summed E-state index contributed by atoms with van der Waals surface area (Å²) < 4.78 is 0. The summed E-state index contributed by atoms with van der Waals surface area (Å²) in [5.74, 6) is -0.369. The second-order valence-electron chi connectivity index (χ2n) is 3.97. The molecule has 5 heteroatoms. The van der Waals surface area contributed by atoms with Crippen molar-refractivity contribution in [2.24, 2.45) is 10.9 Å². The summed E-state index contributed by atoms with van der Waals surface area (Å²) >= 11 is 0. The Hall–Kier alpha value is -2.04. The minimum Gasteiger partial charge on any atom is -0.409 e. The van der Waals surface area contributed by atoms with Crippen molar-refractivity contribution in [1.82, 2.24) is 5.32 Å². The largest absolute Gasteiger partial charge is 0.409 e. The number of nitrogens with one attached hydrogen (secondary N) is 1. The summed E-state index contributed by atoms with van der Waals surface area (Å²) in [4.78, 5) is 11.5. The van der Waals surface area contributed by atoms with Crippen LogP contribution in [0.1, 0.15) is 30.5 Å². The first kappa shape index (κ1) is 13.0. The maximum atomic E-state index is 11.5. The van der Waals surface area contributed by atoms with E-state index in [4.69, 9.17) is 10.9 Å². The van der Waals surface area contributed by atoms with Crippen molar-refractivity contribution in [3.05, 3.63) is 35.4 Å². The van der Waals surface area contributed by atoms with E-state index in [1.54, 1.807) is 0 Å². The zero-order chi connectivity index (χ0) is 12.8. The van der Waals surface area contributed by atoms with Crippen molar-refractivity contribution in [2.45, 2.75) is 26.3 Å². The number of rotatable bonds is 4. The van der Waals surface area contributed by atoms with Crippen LogP contribution in [0.15, 0.2) is 29.4 Å². The lowest BCUT2D eigenvalue weighted by Crippen LogP contribution is -2.30. The number of oxime groups is 1. The van der Waals surface area contributed by atoms with Crippen LogP contribution in [0, 0.1) is 6.92 Å². The lowest BCUT2D eigenvalue weighted by atomic mass is 10.1. The first-order valence-corrected chi connectivity index (χ1v) is 5.35. The second-order valence-corrected chi connectivity index (χ2v) is 3.97. The predicted molar refractivity (Wildman–Crippen MR) is 65.8 cm³/mol. The molecule has 0 aliphatic carbocycles. The molecule has 1 rings (SSSR count). The molecule has 0 heterocycles. The minimum absolute atomic E-state index is 0.0985. The van der Waals surface area contributed by atoms with Crippen LogP contribution in [0.5, 0.6) is 0 Å². The Morgan fingerprint density at radius 2 is 2.06 bits per heavy atom. The van der Waals surface area contributed by atoms with E-state index >= 15 is 0 Å². The Kier molecular flexibility index (Phi) is 4.51. The van der Waals surface area contributed by atoms with Crippen molar-refractivity contribution >= 4 is 11.7 Å². The van der Waals surface area contributed by atoms with E-state index in [0.717, 1.165) is 5.56 Å². The molecule has 0 aliphatic rings. The number of hydrogen-bond acceptors (Lipinski definition) is 3. The molecule has 1 amide bonds. The van der Waals surface area contributed by atoms with Crippen LogP contribution >= 0.6 is 0 Å². The molecule has 0 aromatic heterocycles. The summed E-state index contributed by atoms with van der Waals surface area (Å²) in [6.07, 6.45) is -0.104. The van der Waals surface area contributed by atoms with E-state index in [2.05, 4.69) is 10.5 Å². The van der Waals surface area contributed by atoms with Crippen LogP contribution in [-0.2, 0) is 4.79 Å². The monoisotopic (exact) mass is 235 g/mol. The minimum atomic E-state index is -0.270. The first-order chi connectivity index (χ1) is 8.02. The van der Waals surface area contributed by atoms with Crippen molar-refractivity contribution in [2.75, 3.05) is 0 Å². The molecule has 0 saturated heterocycles. The Balaban J connectivity index is 2.57. The van der Waals surface area contributed by atoms with Gasteiger partial charge in [0.2, 0.25) is 5.91 Å². The predicted octanol–water partition coefficient (Wildman–Crippen LogP) is 1.31. The topological polar surface area (TPSA) is 87.7 Å². The third kappa shape index (κ3) is 4.14. The maximum Gasteiger partial charge on any atom is 0.228 e. The van der Waals surface area contributed by atoms with Gasteiger partial charge in [0, 0.05) is 0 Å². The van der Waals surface area contributed by atoms with Gasteiger partial charge >= 0.3 is 0 Å². The van der Waals surface area contributed by atoms with E-state index in [0.29, 0.717) is 0 Å². The number of amidine groups is 1. The highest BCUT2D eigenvalue weighted by Crippen LogP contribution is 2.12. The SMILES string of the molecule is Cc1ccc(C(C)NC(=O)CC(N)=NO)cc1. The van der Waals surface area contributed by atoms with Gasteiger partial charge < -0.3 is 16.3 Å². The summed E-state index contributed by atoms with van der Waals surface area (Å²) in [7, 11) is 0. The highest BCUT2D eigenvalue weighted by Gasteiger charge is 2.10. The lowest BCUT2D eigenvalue weighted by molar-refractivity contribution is -0.120. The van der Waals surface area contributed by atoms with Crippen LogP contribution in [0.25, 0.3) is 0 Å². The molecule has 0 bridgehead atoms. The maximum absolute atomic E-state index is 11.5. The van der Waals surface area contributed by atoms with E-state index in [1.165, 1.54) is 5.56 Å². The average molecular weight is 235 g/mol. The summed E-state index contributed by atoms with van der Waals surface area (Å²) in [5, 5.41) is 13.9. The molecule has 5 nitrogen and oxygen atoms in total. The van der Waals surface area contributed by atoms with Gasteiger partial charge in [0.15, 0.2) is 0 Å². The molecule has 92 valence electrons. The van der Waals surface area contributed by atoms with E-state index < -0.39 is 0 Å². The molecular formula is C12H17N3O2. The van der Waals surface area contributed by atoms with Crippen LogP contribution in [0.2, 0.25) is 0 Å². The summed E-state index contributed by atoms with van der Waals surface area (Å²) in [6, 6.07) is 7.80. The van der Waals surface area contributed by atoms with Crippen molar-refractivity contribution in [3.63, 3.8) is 0 Å². The number of carbonyl (C=O) groups is 1. The van der Waals surface area contributed by atoms with Crippen LogP contribution in [0.3, 0.4) is 0 Å². The van der Waals surface area contributed by atoms with Gasteiger partial charge in [-0.05, 0) is 19.4 Å². The van der Waals surface area contributed by atoms with Crippen LogP contribution < -0.4 is 11.1 Å². The fourth-order valence-corrected chi connectivity index (χ4v) is 1.43. The lowest BCUT2D eigenvalue weighted by Gasteiger charge is -2.14. The summed E-state index contributed by atoms with van der Waals surface area (Å²) in [6.45, 7) is 3.89. The Morgan fingerprint density at radius 3 is 2.59 bits per heavy atom. The molecule has 1 aromatic carbocycles. The smallest absolute Gasteiger partial charge is 0.228 e. The van der Waals surface area contributed by atoms with E-state index in [-0.39, 0.29) is 24.2 Å². The highest BCUT2D eigenvalue weighted by molar-refractivity contribution is 5.98. The molecule has 0 fully saturated rings. The van der Waals surface area contributed by atoms with Gasteiger partial charge in [0.1, 0.15) is 5.84 Å². The third-order valence-corrected chi connectivity index (χ3v) is 2.42. The Labute approximate surface area is 100 Å². The standard InChI is InChI=1S/C12H17N3O2/c1-8-3-5-10(6-4-8)9(2)14-12(16)7-11(13)15-17/h3-6,9,17H,7H2,1-2H3,(H2,13,15)(H,14,16). The molecule has 17 heavy (non-hydrogen) atoms. The molecule has 4 N–H and O–H groups in total. The zero-order valence-electron chi connectivity index (χ0n) is 9.97. The number of nitrogens with two attached hydrogens (primary N) is 1. The van der Waals surface area contributed by atoms with Gasteiger partial charge in [-0.2, -0.15) is 0 Å². The fraction of sp³-hybridized carbons (Fsp3) is 0.333. The van der Waals surface area contributed by atoms with E-state index in [1.807, 2.05) is 38.1 Å².